The number of ether oxygens (including phenoxy) is 1. The molecule has 1 aliphatic heterocycles. The highest BCUT2D eigenvalue weighted by Crippen LogP contribution is 2.38. The average molecular weight is 412 g/mol. The van der Waals surface area contributed by atoms with E-state index in [4.69, 9.17) is 16.3 Å². The summed E-state index contributed by atoms with van der Waals surface area (Å²) >= 11 is 7.85. The van der Waals surface area contributed by atoms with Crippen LogP contribution in [0.15, 0.2) is 47.4 Å². The molecule has 0 saturated carbocycles. The number of nitrogens with zero attached hydrogens (tertiary/aromatic N) is 1. The van der Waals surface area contributed by atoms with Crippen LogP contribution in [-0.4, -0.2) is 38.7 Å². The van der Waals surface area contributed by atoms with Gasteiger partial charge in [-0.25, -0.2) is 8.42 Å². The largest absolute Gasteiger partial charge is 0.495 e. The SMILES string of the molecule is COc1ccc(Cl)cc1S(=O)(=O)N1CCSC(c2ccccc2C)CC1. The van der Waals surface area contributed by atoms with Crippen molar-refractivity contribution in [3.63, 3.8) is 0 Å². The van der Waals surface area contributed by atoms with Crippen LogP contribution < -0.4 is 4.74 Å². The molecule has 1 aliphatic rings. The number of hydrogen-bond acceptors (Lipinski definition) is 4. The number of thioether (sulfide) groups is 1. The molecular formula is C19H22ClNO3S2. The van der Waals surface area contributed by atoms with Gasteiger partial charge >= 0.3 is 0 Å². The molecule has 0 radical (unpaired) electrons. The topological polar surface area (TPSA) is 46.6 Å². The molecule has 26 heavy (non-hydrogen) atoms. The molecule has 2 aromatic carbocycles. The Morgan fingerprint density at radius 2 is 1.96 bits per heavy atom. The van der Waals surface area contributed by atoms with Gasteiger partial charge in [0, 0.05) is 29.1 Å². The maximum Gasteiger partial charge on any atom is 0.246 e. The Balaban J connectivity index is 1.85. The zero-order chi connectivity index (χ0) is 18.7. The van der Waals surface area contributed by atoms with E-state index >= 15 is 0 Å². The monoisotopic (exact) mass is 411 g/mol. The van der Waals surface area contributed by atoms with Crippen LogP contribution in [-0.2, 0) is 10.0 Å². The van der Waals surface area contributed by atoms with Gasteiger partial charge in [0.2, 0.25) is 10.0 Å². The summed E-state index contributed by atoms with van der Waals surface area (Å²) in [6, 6.07) is 13.0. The second kappa shape index (κ2) is 8.21. The molecule has 0 spiro atoms. The van der Waals surface area contributed by atoms with Crippen LogP contribution in [0.1, 0.15) is 22.8 Å². The van der Waals surface area contributed by atoms with E-state index in [0.29, 0.717) is 29.1 Å². The average Bonchev–Trinajstić information content (AvgIpc) is 2.88. The quantitative estimate of drug-likeness (QED) is 0.741. The summed E-state index contributed by atoms with van der Waals surface area (Å²) in [7, 11) is -2.19. The molecule has 0 aromatic heterocycles. The normalized spacial score (nSPS) is 19.1. The first-order valence-electron chi connectivity index (χ1n) is 8.44. The van der Waals surface area contributed by atoms with Gasteiger partial charge in [0.15, 0.2) is 0 Å². The van der Waals surface area contributed by atoms with Crippen molar-refractivity contribution in [3.8, 4) is 5.75 Å². The van der Waals surface area contributed by atoms with E-state index in [0.717, 1.165) is 12.2 Å². The van der Waals surface area contributed by atoms with Gasteiger partial charge in [0.05, 0.1) is 7.11 Å². The van der Waals surface area contributed by atoms with Crippen molar-refractivity contribution in [2.45, 2.75) is 23.5 Å². The first kappa shape index (κ1) is 19.5. The summed E-state index contributed by atoms with van der Waals surface area (Å²) in [5.41, 5.74) is 2.54. The summed E-state index contributed by atoms with van der Waals surface area (Å²) in [5, 5.41) is 0.684. The molecule has 7 heteroatoms. The van der Waals surface area contributed by atoms with Crippen molar-refractivity contribution in [1.29, 1.82) is 0 Å². The van der Waals surface area contributed by atoms with Crippen molar-refractivity contribution in [3.05, 3.63) is 58.6 Å². The molecule has 2 aromatic rings. The van der Waals surface area contributed by atoms with Gasteiger partial charge in [-0.2, -0.15) is 16.1 Å². The number of benzene rings is 2. The second-order valence-electron chi connectivity index (χ2n) is 6.20. The van der Waals surface area contributed by atoms with Crippen LogP contribution >= 0.6 is 23.4 Å². The molecule has 0 aliphatic carbocycles. The first-order valence-corrected chi connectivity index (χ1v) is 11.3. The molecule has 1 atom stereocenters. The Morgan fingerprint density at radius 3 is 2.69 bits per heavy atom. The molecule has 3 rings (SSSR count). The third kappa shape index (κ3) is 4.03. The number of sulfonamides is 1. The molecule has 0 N–H and O–H groups in total. The van der Waals surface area contributed by atoms with Crippen molar-refractivity contribution in [2.75, 3.05) is 26.0 Å². The fourth-order valence-corrected chi connectivity index (χ4v) is 6.49. The zero-order valence-electron chi connectivity index (χ0n) is 14.8. The lowest BCUT2D eigenvalue weighted by Crippen LogP contribution is -2.33. The first-order chi connectivity index (χ1) is 12.4. The molecule has 1 unspecified atom stereocenters. The highest BCUT2D eigenvalue weighted by molar-refractivity contribution is 7.99. The van der Waals surface area contributed by atoms with Gasteiger partial charge < -0.3 is 4.74 Å². The Morgan fingerprint density at radius 1 is 1.19 bits per heavy atom. The minimum absolute atomic E-state index is 0.131. The number of aryl methyl sites for hydroxylation is 1. The standard InChI is InChI=1S/C19H22ClNO3S2/c1-14-5-3-4-6-16(14)18-9-10-21(11-12-25-18)26(22,23)19-13-15(20)7-8-17(19)24-2/h3-8,13,18H,9-12H2,1-2H3. The van der Waals surface area contributed by atoms with E-state index in [-0.39, 0.29) is 4.90 Å². The number of rotatable bonds is 4. The predicted molar refractivity (Wildman–Crippen MR) is 108 cm³/mol. The molecule has 0 amide bonds. The maximum absolute atomic E-state index is 13.2. The summed E-state index contributed by atoms with van der Waals surface area (Å²) in [6.07, 6.45) is 0.775. The van der Waals surface area contributed by atoms with Gasteiger partial charge in [0.25, 0.3) is 0 Å². The number of hydrogen-bond donors (Lipinski definition) is 0. The molecule has 4 nitrogen and oxygen atoms in total. The molecule has 0 bridgehead atoms. The van der Waals surface area contributed by atoms with Crippen molar-refractivity contribution < 1.29 is 13.2 Å². The minimum atomic E-state index is -3.66. The Labute approximate surface area is 164 Å². The van der Waals surface area contributed by atoms with Gasteiger partial charge in [-0.05, 0) is 42.7 Å². The summed E-state index contributed by atoms with van der Waals surface area (Å²) in [6.45, 7) is 3.06. The molecule has 1 saturated heterocycles. The number of methoxy groups -OCH3 is 1. The van der Waals surface area contributed by atoms with Gasteiger partial charge in [-0.1, -0.05) is 35.9 Å². The molecule has 1 heterocycles. The van der Waals surface area contributed by atoms with Crippen LogP contribution in [0.5, 0.6) is 5.75 Å². The lowest BCUT2D eigenvalue weighted by Gasteiger charge is -2.21. The molecule has 140 valence electrons. The van der Waals surface area contributed by atoms with E-state index in [1.165, 1.54) is 24.3 Å². The highest BCUT2D eigenvalue weighted by Gasteiger charge is 2.31. The second-order valence-corrected chi connectivity index (χ2v) is 9.86. The molecule has 1 fully saturated rings. The van der Waals surface area contributed by atoms with Crippen LogP contribution in [0.4, 0.5) is 0 Å². The van der Waals surface area contributed by atoms with Crippen LogP contribution in [0, 0.1) is 6.92 Å². The maximum atomic E-state index is 13.2. The smallest absolute Gasteiger partial charge is 0.246 e. The Hall–Kier alpha value is -1.21. The van der Waals surface area contributed by atoms with E-state index in [1.807, 2.05) is 23.9 Å². The van der Waals surface area contributed by atoms with Gasteiger partial charge in [0.1, 0.15) is 10.6 Å². The summed E-state index contributed by atoms with van der Waals surface area (Å²) in [4.78, 5) is 0.131. The molecular weight excluding hydrogens is 390 g/mol. The van der Waals surface area contributed by atoms with Gasteiger partial charge in [-0.15, -0.1) is 0 Å². The van der Waals surface area contributed by atoms with Crippen LogP contribution in [0.25, 0.3) is 0 Å². The van der Waals surface area contributed by atoms with Crippen LogP contribution in [0.3, 0.4) is 0 Å². The highest BCUT2D eigenvalue weighted by atomic mass is 35.5. The van der Waals surface area contributed by atoms with E-state index in [2.05, 4.69) is 19.1 Å². The van der Waals surface area contributed by atoms with Crippen molar-refractivity contribution >= 4 is 33.4 Å². The Bertz CT molecular complexity index is 886. The fourth-order valence-electron chi connectivity index (χ4n) is 3.18. The van der Waals surface area contributed by atoms with E-state index in [9.17, 15) is 8.42 Å². The Kier molecular flexibility index (Phi) is 6.17. The van der Waals surface area contributed by atoms with Crippen molar-refractivity contribution in [1.82, 2.24) is 4.31 Å². The lowest BCUT2D eigenvalue weighted by atomic mass is 10.0. The number of halogens is 1. The lowest BCUT2D eigenvalue weighted by molar-refractivity contribution is 0.393. The summed E-state index contributed by atoms with van der Waals surface area (Å²) in [5.74, 6) is 1.07. The van der Waals surface area contributed by atoms with Crippen LogP contribution in [0.2, 0.25) is 5.02 Å². The zero-order valence-corrected chi connectivity index (χ0v) is 17.2. The third-order valence-corrected chi connectivity index (χ3v) is 8.04. The fraction of sp³-hybridized carbons (Fsp3) is 0.368. The van der Waals surface area contributed by atoms with E-state index < -0.39 is 10.0 Å². The van der Waals surface area contributed by atoms with Gasteiger partial charge in [-0.3, -0.25) is 0 Å². The van der Waals surface area contributed by atoms with E-state index in [1.54, 1.807) is 16.4 Å². The third-order valence-electron chi connectivity index (χ3n) is 4.58. The predicted octanol–water partition coefficient (Wildman–Crippen LogP) is 4.53. The minimum Gasteiger partial charge on any atom is -0.495 e. The van der Waals surface area contributed by atoms with Crippen molar-refractivity contribution in [2.24, 2.45) is 0 Å². The summed E-state index contributed by atoms with van der Waals surface area (Å²) < 4.78 is 33.1.